The zero-order chi connectivity index (χ0) is 26.2. The van der Waals surface area contributed by atoms with Crippen LogP contribution in [0.15, 0.2) is 42.5 Å². The van der Waals surface area contributed by atoms with Crippen LogP contribution in [-0.4, -0.2) is 24.5 Å². The maximum Gasteiger partial charge on any atom is 0.416 e. The third kappa shape index (κ3) is 6.47. The molecule has 1 heterocycles. The SMILES string of the molecule is COC(=O)CC1CC(c2ccc(C(F)(F)F)cc2)N(Cc2cc(C(F)(F)F)ccc2C(F)(F)F)C1. The minimum atomic E-state index is -4.92. The van der Waals surface area contributed by atoms with Crippen LogP contribution in [0.4, 0.5) is 39.5 Å². The van der Waals surface area contributed by atoms with Crippen LogP contribution < -0.4 is 0 Å². The molecule has 3 rings (SSSR count). The summed E-state index contributed by atoms with van der Waals surface area (Å²) in [6, 6.07) is 4.44. The fourth-order valence-electron chi connectivity index (χ4n) is 4.28. The Balaban J connectivity index is 1.99. The number of benzene rings is 2. The molecule has 0 aliphatic carbocycles. The van der Waals surface area contributed by atoms with E-state index in [-0.39, 0.29) is 19.4 Å². The fraction of sp³-hybridized carbons (Fsp3) is 0.435. The number of esters is 1. The van der Waals surface area contributed by atoms with Gasteiger partial charge in [0.1, 0.15) is 0 Å². The molecule has 2 atom stereocenters. The van der Waals surface area contributed by atoms with Crippen LogP contribution in [-0.2, 0) is 34.6 Å². The van der Waals surface area contributed by atoms with Gasteiger partial charge in [0.15, 0.2) is 0 Å². The lowest BCUT2D eigenvalue weighted by Gasteiger charge is -2.27. The minimum absolute atomic E-state index is 0.0360. The molecule has 35 heavy (non-hydrogen) atoms. The Morgan fingerprint density at radius 1 is 0.886 bits per heavy atom. The molecule has 2 aromatic carbocycles. The van der Waals surface area contributed by atoms with Crippen molar-refractivity contribution < 1.29 is 49.0 Å². The van der Waals surface area contributed by atoms with Gasteiger partial charge in [-0.3, -0.25) is 9.69 Å². The molecule has 0 spiro atoms. The van der Waals surface area contributed by atoms with E-state index in [0.717, 1.165) is 19.2 Å². The zero-order valence-electron chi connectivity index (χ0n) is 18.2. The molecule has 12 heteroatoms. The number of methoxy groups -OCH3 is 1. The Morgan fingerprint density at radius 2 is 1.46 bits per heavy atom. The van der Waals surface area contributed by atoms with Gasteiger partial charge in [-0.05, 0) is 53.8 Å². The van der Waals surface area contributed by atoms with E-state index in [1.165, 1.54) is 17.0 Å². The lowest BCUT2D eigenvalue weighted by atomic mass is 9.96. The molecule has 0 aromatic heterocycles. The first-order chi connectivity index (χ1) is 16.1. The Labute approximate surface area is 194 Å². The van der Waals surface area contributed by atoms with Gasteiger partial charge in [-0.25, -0.2) is 0 Å². The van der Waals surface area contributed by atoms with E-state index in [9.17, 15) is 44.3 Å². The van der Waals surface area contributed by atoms with Crippen LogP contribution in [0.1, 0.15) is 46.7 Å². The van der Waals surface area contributed by atoms with Gasteiger partial charge in [0.05, 0.1) is 23.8 Å². The summed E-state index contributed by atoms with van der Waals surface area (Å²) < 4.78 is 124. The van der Waals surface area contributed by atoms with Crippen molar-refractivity contribution in [1.29, 1.82) is 0 Å². The number of alkyl halides is 9. The van der Waals surface area contributed by atoms with E-state index in [1.807, 2.05) is 0 Å². The van der Waals surface area contributed by atoms with E-state index in [0.29, 0.717) is 23.8 Å². The number of rotatable bonds is 5. The number of nitrogens with zero attached hydrogens (tertiary/aromatic N) is 1. The average Bonchev–Trinajstić information content (AvgIpc) is 3.13. The largest absolute Gasteiger partial charge is 0.469 e. The third-order valence-corrected chi connectivity index (χ3v) is 5.91. The van der Waals surface area contributed by atoms with Crippen molar-refractivity contribution in [3.8, 4) is 0 Å². The average molecular weight is 513 g/mol. The fourth-order valence-corrected chi connectivity index (χ4v) is 4.28. The predicted octanol–water partition coefficient (Wildman–Crippen LogP) is 6.87. The van der Waals surface area contributed by atoms with Crippen molar-refractivity contribution >= 4 is 5.97 Å². The molecule has 192 valence electrons. The number of ether oxygens (including phenoxy) is 1. The number of hydrogen-bond donors (Lipinski definition) is 0. The summed E-state index contributed by atoms with van der Waals surface area (Å²) in [7, 11) is 1.15. The van der Waals surface area contributed by atoms with Crippen LogP contribution in [0.2, 0.25) is 0 Å². The molecular formula is C23H20F9NO2. The highest BCUT2D eigenvalue weighted by Crippen LogP contribution is 2.42. The Hall–Kier alpha value is -2.76. The van der Waals surface area contributed by atoms with E-state index >= 15 is 0 Å². The minimum Gasteiger partial charge on any atom is -0.469 e. The second-order valence-electron chi connectivity index (χ2n) is 8.31. The summed E-state index contributed by atoms with van der Waals surface area (Å²) in [6.45, 7) is -0.517. The summed E-state index contributed by atoms with van der Waals surface area (Å²) in [5.41, 5.74) is -3.70. The van der Waals surface area contributed by atoms with Gasteiger partial charge in [0, 0.05) is 25.6 Å². The molecule has 1 saturated heterocycles. The highest BCUT2D eigenvalue weighted by Gasteiger charge is 2.40. The standard InChI is InChI=1S/C23H20F9NO2/c1-35-20(34)9-13-8-19(14-2-4-16(5-3-14)21(24,25)26)33(11-13)12-15-10-17(22(27,28)29)6-7-18(15)23(30,31)32/h2-7,10,13,19H,8-9,11-12H2,1H3. The highest BCUT2D eigenvalue weighted by molar-refractivity contribution is 5.69. The first-order valence-corrected chi connectivity index (χ1v) is 10.3. The van der Waals surface area contributed by atoms with Crippen LogP contribution in [0.3, 0.4) is 0 Å². The second-order valence-corrected chi connectivity index (χ2v) is 8.31. The van der Waals surface area contributed by atoms with Gasteiger partial charge in [-0.2, -0.15) is 39.5 Å². The molecular weight excluding hydrogens is 493 g/mol. The predicted molar refractivity (Wildman–Crippen MR) is 106 cm³/mol. The number of hydrogen-bond acceptors (Lipinski definition) is 3. The van der Waals surface area contributed by atoms with E-state index in [2.05, 4.69) is 4.74 Å². The summed E-state index contributed by atoms with van der Waals surface area (Å²) in [5.74, 6) is -1.01. The van der Waals surface area contributed by atoms with Crippen LogP contribution in [0.5, 0.6) is 0 Å². The summed E-state index contributed by atoms with van der Waals surface area (Å²) in [4.78, 5) is 13.2. The molecule has 0 radical (unpaired) electrons. The maximum atomic E-state index is 13.6. The summed E-state index contributed by atoms with van der Waals surface area (Å²) in [6.07, 6.45) is -14.3. The normalized spacial score (nSPS) is 19.7. The van der Waals surface area contributed by atoms with Gasteiger partial charge in [-0.15, -0.1) is 0 Å². The topological polar surface area (TPSA) is 29.5 Å². The Bertz CT molecular complexity index is 1040. The smallest absolute Gasteiger partial charge is 0.416 e. The second kappa shape index (κ2) is 9.71. The van der Waals surface area contributed by atoms with E-state index in [1.54, 1.807) is 0 Å². The molecule has 0 amide bonds. The Kier molecular flexibility index (Phi) is 7.45. The summed E-state index contributed by atoms with van der Waals surface area (Å²) in [5, 5.41) is 0. The van der Waals surface area contributed by atoms with Crippen LogP contribution in [0.25, 0.3) is 0 Å². The number of carbonyl (C=O) groups is 1. The van der Waals surface area contributed by atoms with Gasteiger partial charge in [0.25, 0.3) is 0 Å². The summed E-state index contributed by atoms with van der Waals surface area (Å²) >= 11 is 0. The maximum absolute atomic E-state index is 13.6. The van der Waals surface area contributed by atoms with Crippen molar-refractivity contribution in [2.45, 2.75) is 44.0 Å². The molecule has 1 fully saturated rings. The van der Waals surface area contributed by atoms with E-state index in [4.69, 9.17) is 0 Å². The molecule has 0 bridgehead atoms. The third-order valence-electron chi connectivity index (χ3n) is 5.91. The molecule has 2 aromatic rings. The monoisotopic (exact) mass is 513 g/mol. The number of halogens is 9. The molecule has 0 saturated carbocycles. The first kappa shape index (κ1) is 26.8. The molecule has 3 nitrogen and oxygen atoms in total. The Morgan fingerprint density at radius 3 is 1.97 bits per heavy atom. The van der Waals surface area contributed by atoms with Crippen LogP contribution in [0, 0.1) is 5.92 Å². The highest BCUT2D eigenvalue weighted by atomic mass is 19.4. The van der Waals surface area contributed by atoms with Crippen LogP contribution >= 0.6 is 0 Å². The van der Waals surface area contributed by atoms with Gasteiger partial charge in [-0.1, -0.05) is 12.1 Å². The van der Waals surface area contributed by atoms with Crippen molar-refractivity contribution in [3.63, 3.8) is 0 Å². The molecule has 2 unspecified atom stereocenters. The lowest BCUT2D eigenvalue weighted by molar-refractivity contribution is -0.142. The van der Waals surface area contributed by atoms with Gasteiger partial charge >= 0.3 is 24.5 Å². The van der Waals surface area contributed by atoms with Crippen molar-refractivity contribution in [2.24, 2.45) is 5.92 Å². The quantitative estimate of drug-likeness (QED) is 0.323. The van der Waals surface area contributed by atoms with Gasteiger partial charge in [0.2, 0.25) is 0 Å². The molecule has 0 N–H and O–H groups in total. The number of likely N-dealkylation sites (tertiary alicyclic amines) is 1. The molecule has 1 aliphatic rings. The van der Waals surface area contributed by atoms with Crippen molar-refractivity contribution in [3.05, 3.63) is 70.3 Å². The lowest BCUT2D eigenvalue weighted by Crippen LogP contribution is -2.26. The van der Waals surface area contributed by atoms with Crippen molar-refractivity contribution in [1.82, 2.24) is 4.90 Å². The number of carbonyl (C=O) groups excluding carboxylic acids is 1. The molecule has 1 aliphatic heterocycles. The van der Waals surface area contributed by atoms with Crippen molar-refractivity contribution in [2.75, 3.05) is 13.7 Å². The van der Waals surface area contributed by atoms with Gasteiger partial charge < -0.3 is 4.74 Å². The first-order valence-electron chi connectivity index (χ1n) is 10.3. The zero-order valence-corrected chi connectivity index (χ0v) is 18.2. The van der Waals surface area contributed by atoms with E-state index < -0.39 is 65.3 Å².